The van der Waals surface area contributed by atoms with E-state index in [0.29, 0.717) is 24.9 Å². The molecule has 3 heteroatoms. The van der Waals surface area contributed by atoms with Crippen LogP contribution in [0.3, 0.4) is 0 Å². The van der Waals surface area contributed by atoms with E-state index in [1.807, 2.05) is 4.90 Å². The Bertz CT molecular complexity index is 278. The third-order valence-electron chi connectivity index (χ3n) is 3.38. The van der Waals surface area contributed by atoms with Crippen LogP contribution in [0, 0.1) is 23.2 Å². The summed E-state index contributed by atoms with van der Waals surface area (Å²) in [4.78, 5) is 13.4. The number of rotatable bonds is 3. The highest BCUT2D eigenvalue weighted by atomic mass is 16.2. The van der Waals surface area contributed by atoms with E-state index in [9.17, 15) is 4.79 Å². The summed E-state index contributed by atoms with van der Waals surface area (Å²) in [6.45, 7) is 2.74. The highest BCUT2D eigenvalue weighted by Gasteiger charge is 2.36. The van der Waals surface area contributed by atoms with E-state index in [0.717, 1.165) is 6.42 Å². The topological polar surface area (TPSA) is 44.1 Å². The van der Waals surface area contributed by atoms with Crippen molar-refractivity contribution in [2.24, 2.45) is 11.8 Å². The number of amides is 1. The fourth-order valence-corrected chi connectivity index (χ4v) is 2.17. The minimum absolute atomic E-state index is 0.0829. The summed E-state index contributed by atoms with van der Waals surface area (Å²) in [5, 5.41) is 8.98. The van der Waals surface area contributed by atoms with Crippen molar-refractivity contribution >= 4 is 5.91 Å². The van der Waals surface area contributed by atoms with E-state index in [1.165, 1.54) is 12.8 Å². The Hall–Kier alpha value is -1.04. The zero-order valence-corrected chi connectivity index (χ0v) is 8.57. The van der Waals surface area contributed by atoms with Crippen molar-refractivity contribution in [2.75, 3.05) is 6.54 Å². The summed E-state index contributed by atoms with van der Waals surface area (Å²) in [6.07, 6.45) is 3.98. The van der Waals surface area contributed by atoms with Gasteiger partial charge in [-0.05, 0) is 32.1 Å². The molecule has 1 amide bonds. The van der Waals surface area contributed by atoms with Crippen molar-refractivity contribution in [3.05, 3.63) is 0 Å². The van der Waals surface area contributed by atoms with E-state index in [-0.39, 0.29) is 11.8 Å². The number of hydrogen-bond donors (Lipinski definition) is 0. The van der Waals surface area contributed by atoms with Crippen LogP contribution in [0.25, 0.3) is 0 Å². The molecule has 14 heavy (non-hydrogen) atoms. The van der Waals surface area contributed by atoms with E-state index < -0.39 is 0 Å². The molecule has 2 rings (SSSR count). The minimum atomic E-state index is 0.0829. The average Bonchev–Trinajstić information content (AvgIpc) is 2.95. The second kappa shape index (κ2) is 3.61. The Kier molecular flexibility index (Phi) is 2.45. The van der Waals surface area contributed by atoms with E-state index in [1.54, 1.807) is 0 Å². The average molecular weight is 192 g/mol. The molecule has 2 atom stereocenters. The summed E-state index contributed by atoms with van der Waals surface area (Å²) >= 11 is 0. The van der Waals surface area contributed by atoms with E-state index >= 15 is 0 Å². The van der Waals surface area contributed by atoms with Crippen LogP contribution in [-0.4, -0.2) is 23.4 Å². The number of hydrogen-bond acceptors (Lipinski definition) is 2. The SMILES string of the molecule is CC1CCC(=O)N1CC(C#N)C1CC1. The monoisotopic (exact) mass is 192 g/mol. The first-order valence-corrected chi connectivity index (χ1v) is 5.41. The zero-order valence-electron chi connectivity index (χ0n) is 8.57. The number of carbonyl (C=O) groups excluding carboxylic acids is 1. The first-order chi connectivity index (χ1) is 6.72. The van der Waals surface area contributed by atoms with Crippen molar-refractivity contribution in [3.63, 3.8) is 0 Å². The Balaban J connectivity index is 1.95. The van der Waals surface area contributed by atoms with Gasteiger partial charge in [0.2, 0.25) is 5.91 Å². The van der Waals surface area contributed by atoms with Gasteiger partial charge in [0.1, 0.15) is 0 Å². The molecule has 2 aliphatic rings. The Morgan fingerprint density at radius 3 is 2.71 bits per heavy atom. The molecule has 0 N–H and O–H groups in total. The Morgan fingerprint density at radius 1 is 1.57 bits per heavy atom. The minimum Gasteiger partial charge on any atom is -0.339 e. The van der Waals surface area contributed by atoms with Gasteiger partial charge in [-0.1, -0.05) is 0 Å². The molecule has 0 aromatic rings. The van der Waals surface area contributed by atoms with Crippen molar-refractivity contribution in [2.45, 2.75) is 38.6 Å². The Morgan fingerprint density at radius 2 is 2.29 bits per heavy atom. The molecule has 3 nitrogen and oxygen atoms in total. The number of nitriles is 1. The first-order valence-electron chi connectivity index (χ1n) is 5.41. The zero-order chi connectivity index (χ0) is 10.1. The lowest BCUT2D eigenvalue weighted by Gasteiger charge is -2.23. The molecule has 1 aliphatic carbocycles. The van der Waals surface area contributed by atoms with Gasteiger partial charge in [-0.15, -0.1) is 0 Å². The lowest BCUT2D eigenvalue weighted by atomic mass is 10.1. The van der Waals surface area contributed by atoms with Crippen LogP contribution < -0.4 is 0 Å². The van der Waals surface area contributed by atoms with Crippen LogP contribution in [0.1, 0.15) is 32.6 Å². The van der Waals surface area contributed by atoms with Gasteiger partial charge < -0.3 is 4.90 Å². The van der Waals surface area contributed by atoms with Gasteiger partial charge in [-0.3, -0.25) is 4.79 Å². The van der Waals surface area contributed by atoms with Crippen molar-refractivity contribution in [1.29, 1.82) is 5.26 Å². The fourth-order valence-electron chi connectivity index (χ4n) is 2.17. The number of likely N-dealkylation sites (tertiary alicyclic amines) is 1. The van der Waals surface area contributed by atoms with Gasteiger partial charge >= 0.3 is 0 Å². The quantitative estimate of drug-likeness (QED) is 0.681. The van der Waals surface area contributed by atoms with Crippen molar-refractivity contribution in [3.8, 4) is 6.07 Å². The highest BCUT2D eigenvalue weighted by Crippen LogP contribution is 2.37. The smallest absolute Gasteiger partial charge is 0.222 e. The van der Waals surface area contributed by atoms with Crippen molar-refractivity contribution < 1.29 is 4.79 Å². The molecule has 2 unspecified atom stereocenters. The predicted octanol–water partition coefficient (Wildman–Crippen LogP) is 1.55. The van der Waals surface area contributed by atoms with Gasteiger partial charge in [0.05, 0.1) is 12.0 Å². The molecular weight excluding hydrogens is 176 g/mol. The van der Waals surface area contributed by atoms with Gasteiger partial charge in [-0.25, -0.2) is 0 Å². The maximum Gasteiger partial charge on any atom is 0.222 e. The molecule has 1 saturated carbocycles. The summed E-state index contributed by atoms with van der Waals surface area (Å²) in [5.74, 6) is 0.887. The molecule has 1 aliphatic heterocycles. The maximum absolute atomic E-state index is 11.5. The normalized spacial score (nSPS) is 29.0. The standard InChI is InChI=1S/C11H16N2O/c1-8-2-5-11(14)13(8)7-10(6-12)9-3-4-9/h8-10H,2-5,7H2,1H3. The van der Waals surface area contributed by atoms with Crippen LogP contribution in [0.5, 0.6) is 0 Å². The summed E-state index contributed by atoms with van der Waals surface area (Å²) in [5.41, 5.74) is 0. The molecule has 0 aromatic carbocycles. The van der Waals surface area contributed by atoms with Crippen LogP contribution in [-0.2, 0) is 4.79 Å². The summed E-state index contributed by atoms with van der Waals surface area (Å²) in [7, 11) is 0. The molecule has 1 heterocycles. The van der Waals surface area contributed by atoms with Crippen LogP contribution in [0.4, 0.5) is 0 Å². The van der Waals surface area contributed by atoms with Gasteiger partial charge in [-0.2, -0.15) is 5.26 Å². The predicted molar refractivity (Wildman–Crippen MR) is 52.2 cm³/mol. The fraction of sp³-hybridized carbons (Fsp3) is 0.818. The van der Waals surface area contributed by atoms with Crippen molar-refractivity contribution in [1.82, 2.24) is 4.90 Å². The maximum atomic E-state index is 11.5. The number of carbonyl (C=O) groups is 1. The van der Waals surface area contributed by atoms with E-state index in [2.05, 4.69) is 13.0 Å². The summed E-state index contributed by atoms with van der Waals surface area (Å²) < 4.78 is 0. The second-order valence-electron chi connectivity index (χ2n) is 4.51. The first kappa shape index (κ1) is 9.51. The molecule has 2 fully saturated rings. The second-order valence-corrected chi connectivity index (χ2v) is 4.51. The van der Waals surface area contributed by atoms with Gasteiger partial charge in [0.25, 0.3) is 0 Å². The Labute approximate surface area is 84.7 Å². The van der Waals surface area contributed by atoms with Gasteiger partial charge in [0, 0.05) is 19.0 Å². The molecular formula is C11H16N2O. The third-order valence-corrected chi connectivity index (χ3v) is 3.38. The van der Waals surface area contributed by atoms with Gasteiger partial charge in [0.15, 0.2) is 0 Å². The van der Waals surface area contributed by atoms with Crippen LogP contribution >= 0.6 is 0 Å². The third kappa shape index (κ3) is 1.75. The molecule has 0 radical (unpaired) electrons. The lowest BCUT2D eigenvalue weighted by molar-refractivity contribution is -0.129. The molecule has 76 valence electrons. The largest absolute Gasteiger partial charge is 0.339 e. The van der Waals surface area contributed by atoms with E-state index in [4.69, 9.17) is 5.26 Å². The highest BCUT2D eigenvalue weighted by molar-refractivity contribution is 5.78. The summed E-state index contributed by atoms with van der Waals surface area (Å²) in [6, 6.07) is 2.68. The molecule has 0 aromatic heterocycles. The lowest BCUT2D eigenvalue weighted by Crippen LogP contribution is -2.35. The molecule has 1 saturated heterocycles. The number of nitrogens with zero attached hydrogens (tertiary/aromatic N) is 2. The van der Waals surface area contributed by atoms with Crippen LogP contribution in [0.15, 0.2) is 0 Å². The molecule has 0 spiro atoms. The van der Waals surface area contributed by atoms with Crippen LogP contribution in [0.2, 0.25) is 0 Å². The molecule has 0 bridgehead atoms.